The molecule has 0 atom stereocenters. The molecule has 9 nitrogen and oxygen atoms in total. The number of benzene rings is 1. The summed E-state index contributed by atoms with van der Waals surface area (Å²) in [4.78, 5) is 39.8. The first-order valence-electron chi connectivity index (χ1n) is 9.85. The van der Waals surface area contributed by atoms with E-state index in [1.807, 2.05) is 0 Å². The predicted octanol–water partition coefficient (Wildman–Crippen LogP) is 2.01. The highest BCUT2D eigenvalue weighted by Gasteiger charge is 2.23. The van der Waals surface area contributed by atoms with Crippen molar-refractivity contribution in [1.82, 2.24) is 19.9 Å². The quantitative estimate of drug-likeness (QED) is 0.431. The summed E-state index contributed by atoms with van der Waals surface area (Å²) in [6.45, 7) is 0.310. The monoisotopic (exact) mass is 481 g/mol. The van der Waals surface area contributed by atoms with E-state index in [0.29, 0.717) is 5.75 Å². The van der Waals surface area contributed by atoms with Gasteiger partial charge < -0.3 is 15.8 Å². The lowest BCUT2D eigenvalue weighted by atomic mass is 10.0. The van der Waals surface area contributed by atoms with Crippen LogP contribution < -0.4 is 15.8 Å². The zero-order valence-electron chi connectivity index (χ0n) is 17.8. The average molecular weight is 481 g/mol. The summed E-state index contributed by atoms with van der Waals surface area (Å²) in [6, 6.07) is 6.60. The summed E-state index contributed by atoms with van der Waals surface area (Å²) in [5.41, 5.74) is 5.50. The van der Waals surface area contributed by atoms with Crippen molar-refractivity contribution in [2.24, 2.45) is 5.73 Å². The molecular formula is C21H19F4N5O4. The minimum absolute atomic E-state index is 0.00853. The normalized spacial score (nSPS) is 12.9. The van der Waals surface area contributed by atoms with Crippen molar-refractivity contribution < 1.29 is 36.7 Å². The SMILES string of the molecule is CC(=O)c1cc(C(=O)NCc2ccc3c(c2)CC(=O)CO3)nc2c(F)cnn12.NCC(F)(F)F. The van der Waals surface area contributed by atoms with E-state index in [9.17, 15) is 31.9 Å². The second-order valence-corrected chi connectivity index (χ2v) is 7.26. The van der Waals surface area contributed by atoms with Gasteiger partial charge in [0.1, 0.15) is 23.7 Å². The molecule has 1 aliphatic rings. The Morgan fingerprint density at radius 2 is 1.97 bits per heavy atom. The number of alkyl halides is 3. The molecule has 0 aliphatic carbocycles. The summed E-state index contributed by atoms with van der Waals surface area (Å²) < 4.78 is 52.2. The van der Waals surface area contributed by atoms with Crippen molar-refractivity contribution in [3.8, 4) is 5.75 Å². The Hall–Kier alpha value is -3.87. The van der Waals surface area contributed by atoms with Gasteiger partial charge in [-0.15, -0.1) is 0 Å². The van der Waals surface area contributed by atoms with Gasteiger partial charge in [-0.05, 0) is 23.8 Å². The second-order valence-electron chi connectivity index (χ2n) is 7.26. The number of fused-ring (bicyclic) bond motifs is 2. The van der Waals surface area contributed by atoms with Crippen LogP contribution in [0.4, 0.5) is 17.6 Å². The summed E-state index contributed by atoms with van der Waals surface area (Å²) >= 11 is 0. The van der Waals surface area contributed by atoms with Gasteiger partial charge in [0.05, 0.1) is 12.7 Å². The number of Topliss-reactive ketones (excluding diaryl/α,β-unsaturated/α-hetero) is 2. The molecule has 0 spiro atoms. The standard InChI is InChI=1S/C19H15FN4O4.C2H4F3N/c1-10(25)16-6-15(23-18-14(20)8-22-24(16)18)19(27)21-7-11-2-3-17-12(4-11)5-13(26)9-28-17;3-2(4,5)1-6/h2-4,6,8H,5,7,9H2,1H3,(H,21,27);1,6H2. The number of ether oxygens (including phenoxy) is 1. The van der Waals surface area contributed by atoms with Crippen LogP contribution in [0.2, 0.25) is 0 Å². The van der Waals surface area contributed by atoms with Crippen LogP contribution in [0.3, 0.4) is 0 Å². The smallest absolute Gasteiger partial charge is 0.400 e. The first kappa shape index (κ1) is 24.8. The number of hydrogen-bond acceptors (Lipinski definition) is 7. The number of aromatic nitrogens is 3. The highest BCUT2D eigenvalue weighted by molar-refractivity contribution is 5.98. The van der Waals surface area contributed by atoms with E-state index < -0.39 is 24.4 Å². The Morgan fingerprint density at radius 1 is 1.26 bits per heavy atom. The van der Waals surface area contributed by atoms with E-state index >= 15 is 0 Å². The molecule has 1 aromatic carbocycles. The lowest BCUT2D eigenvalue weighted by Crippen LogP contribution is -2.25. The summed E-state index contributed by atoms with van der Waals surface area (Å²) in [6.07, 6.45) is -2.95. The van der Waals surface area contributed by atoms with Gasteiger partial charge in [-0.1, -0.05) is 6.07 Å². The highest BCUT2D eigenvalue weighted by atomic mass is 19.4. The minimum Gasteiger partial charge on any atom is -0.486 e. The number of ketones is 2. The van der Waals surface area contributed by atoms with Crippen LogP contribution in [0.1, 0.15) is 39.0 Å². The van der Waals surface area contributed by atoms with Gasteiger partial charge in [-0.25, -0.2) is 13.9 Å². The fourth-order valence-corrected chi connectivity index (χ4v) is 3.02. The minimum atomic E-state index is -4.18. The molecule has 2 aromatic heterocycles. The van der Waals surface area contributed by atoms with Gasteiger partial charge in [0.2, 0.25) is 0 Å². The lowest BCUT2D eigenvalue weighted by Gasteiger charge is -2.17. The molecule has 4 rings (SSSR count). The highest BCUT2D eigenvalue weighted by Crippen LogP contribution is 2.24. The Morgan fingerprint density at radius 3 is 2.62 bits per heavy atom. The number of carbonyl (C=O) groups is 3. The van der Waals surface area contributed by atoms with Crippen LogP contribution in [0.15, 0.2) is 30.5 Å². The van der Waals surface area contributed by atoms with Crippen LogP contribution in [0.5, 0.6) is 5.75 Å². The molecule has 180 valence electrons. The maximum absolute atomic E-state index is 13.8. The molecule has 3 heterocycles. The van der Waals surface area contributed by atoms with Gasteiger partial charge in [0.15, 0.2) is 23.0 Å². The fourth-order valence-electron chi connectivity index (χ4n) is 3.02. The molecule has 0 unspecified atom stereocenters. The van der Waals surface area contributed by atoms with E-state index in [4.69, 9.17) is 4.74 Å². The fraction of sp³-hybridized carbons (Fsp3) is 0.286. The average Bonchev–Trinajstić information content (AvgIpc) is 3.17. The molecule has 3 aromatic rings. The summed E-state index contributed by atoms with van der Waals surface area (Å²) in [7, 11) is 0. The number of rotatable bonds is 4. The molecule has 0 fully saturated rings. The Bertz CT molecular complexity index is 1260. The second kappa shape index (κ2) is 9.95. The molecule has 0 radical (unpaired) electrons. The van der Waals surface area contributed by atoms with Crippen LogP contribution in [0, 0.1) is 5.82 Å². The van der Waals surface area contributed by atoms with E-state index in [0.717, 1.165) is 21.8 Å². The van der Waals surface area contributed by atoms with Crippen molar-refractivity contribution in [3.63, 3.8) is 0 Å². The number of amides is 1. The molecular weight excluding hydrogens is 462 g/mol. The van der Waals surface area contributed by atoms with E-state index in [2.05, 4.69) is 21.1 Å². The van der Waals surface area contributed by atoms with Crippen LogP contribution >= 0.6 is 0 Å². The molecule has 1 amide bonds. The van der Waals surface area contributed by atoms with E-state index in [-0.39, 0.29) is 48.2 Å². The zero-order chi connectivity index (χ0) is 25.0. The number of nitrogens with one attached hydrogen (secondary N) is 1. The van der Waals surface area contributed by atoms with Crippen LogP contribution in [0.25, 0.3) is 5.65 Å². The summed E-state index contributed by atoms with van der Waals surface area (Å²) in [5, 5.41) is 6.45. The number of nitrogens with zero attached hydrogens (tertiary/aromatic N) is 3. The topological polar surface area (TPSA) is 129 Å². The van der Waals surface area contributed by atoms with Gasteiger partial charge >= 0.3 is 6.18 Å². The first-order valence-corrected chi connectivity index (χ1v) is 9.85. The molecule has 0 saturated heterocycles. The van der Waals surface area contributed by atoms with Crippen LogP contribution in [-0.4, -0.2) is 51.4 Å². The molecule has 0 saturated carbocycles. The Balaban J connectivity index is 0.000000481. The summed E-state index contributed by atoms with van der Waals surface area (Å²) in [5.74, 6) is -1.01. The zero-order valence-corrected chi connectivity index (χ0v) is 17.8. The number of nitrogens with two attached hydrogens (primary N) is 1. The third-order valence-electron chi connectivity index (χ3n) is 4.61. The maximum atomic E-state index is 13.8. The van der Waals surface area contributed by atoms with Gasteiger partial charge in [0, 0.05) is 25.5 Å². The van der Waals surface area contributed by atoms with E-state index in [1.165, 1.54) is 13.0 Å². The Kier molecular flexibility index (Phi) is 7.25. The third kappa shape index (κ3) is 5.92. The Labute approximate surface area is 189 Å². The maximum Gasteiger partial charge on any atom is 0.400 e. The van der Waals surface area contributed by atoms with Gasteiger partial charge in [-0.3, -0.25) is 14.4 Å². The van der Waals surface area contributed by atoms with Crippen molar-refractivity contribution in [1.29, 1.82) is 0 Å². The predicted molar refractivity (Wildman–Crippen MR) is 110 cm³/mol. The molecule has 0 bridgehead atoms. The number of hydrogen-bond donors (Lipinski definition) is 2. The number of carbonyl (C=O) groups excluding carboxylic acids is 3. The van der Waals surface area contributed by atoms with Crippen molar-refractivity contribution in [2.45, 2.75) is 26.1 Å². The van der Waals surface area contributed by atoms with Crippen molar-refractivity contribution in [3.05, 3.63) is 58.8 Å². The van der Waals surface area contributed by atoms with Gasteiger partial charge in [-0.2, -0.15) is 18.3 Å². The largest absolute Gasteiger partial charge is 0.486 e. The third-order valence-corrected chi connectivity index (χ3v) is 4.61. The molecule has 13 heteroatoms. The molecule has 1 aliphatic heterocycles. The van der Waals surface area contributed by atoms with Crippen LogP contribution in [-0.2, 0) is 17.8 Å². The number of halogens is 4. The van der Waals surface area contributed by atoms with Crippen molar-refractivity contribution >= 4 is 23.1 Å². The molecule has 34 heavy (non-hydrogen) atoms. The lowest BCUT2D eigenvalue weighted by molar-refractivity contribution is -0.121. The van der Waals surface area contributed by atoms with Crippen molar-refractivity contribution in [2.75, 3.05) is 13.2 Å². The first-order chi connectivity index (χ1) is 16.0. The van der Waals surface area contributed by atoms with Gasteiger partial charge in [0.25, 0.3) is 5.91 Å². The molecule has 3 N–H and O–H groups in total. The van der Waals surface area contributed by atoms with E-state index in [1.54, 1.807) is 18.2 Å².